The van der Waals surface area contributed by atoms with Crippen molar-refractivity contribution in [3.63, 3.8) is 0 Å². The summed E-state index contributed by atoms with van der Waals surface area (Å²) in [6, 6.07) is 11.3. The van der Waals surface area contributed by atoms with Gasteiger partial charge in [-0.15, -0.1) is 0 Å². The van der Waals surface area contributed by atoms with E-state index in [9.17, 15) is 10.1 Å². The molecule has 1 fully saturated rings. The fraction of sp³-hybridized carbons (Fsp3) is 0.476. The van der Waals surface area contributed by atoms with Crippen LogP contribution in [0.3, 0.4) is 0 Å². The molecule has 3 rings (SSSR count). The Balaban J connectivity index is 2.02. The number of nitro groups is 1. The first kappa shape index (κ1) is 19.7. The second kappa shape index (κ2) is 8.30. The van der Waals surface area contributed by atoms with Crippen molar-refractivity contribution in [1.82, 2.24) is 4.90 Å². The topological polar surface area (TPSA) is 58.7 Å². The van der Waals surface area contributed by atoms with Gasteiger partial charge in [-0.2, -0.15) is 0 Å². The number of hydrogen-bond acceptors (Lipinski definition) is 4. The van der Waals surface area contributed by atoms with Crippen LogP contribution in [0.1, 0.15) is 34.1 Å². The van der Waals surface area contributed by atoms with Gasteiger partial charge in [-0.05, 0) is 30.4 Å². The van der Waals surface area contributed by atoms with E-state index in [2.05, 4.69) is 32.6 Å². The van der Waals surface area contributed by atoms with Crippen LogP contribution >= 0.6 is 11.8 Å². The number of aliphatic imine (C=N–C) groups is 1. The molecule has 2 aromatic rings. The summed E-state index contributed by atoms with van der Waals surface area (Å²) in [7, 11) is 0. The van der Waals surface area contributed by atoms with Crippen LogP contribution in [0.2, 0.25) is 0 Å². The van der Waals surface area contributed by atoms with E-state index < -0.39 is 0 Å². The molecule has 0 saturated carbocycles. The van der Waals surface area contributed by atoms with Gasteiger partial charge in [0.2, 0.25) is 0 Å². The average molecular weight is 386 g/mol. The summed E-state index contributed by atoms with van der Waals surface area (Å²) in [4.78, 5) is 18.4. The SMILES string of the molecule is CC(C)CC1CSC(=Nc2ccc([N+](=O)[O-])c3ccccc23)N1CC(C)C. The smallest absolute Gasteiger partial charge is 0.277 e. The molecule has 1 saturated heterocycles. The largest absolute Gasteiger partial charge is 0.347 e. The highest BCUT2D eigenvalue weighted by molar-refractivity contribution is 8.14. The first-order valence-corrected chi connectivity index (χ1v) is 10.5. The van der Waals surface area contributed by atoms with Crippen molar-refractivity contribution in [2.45, 2.75) is 40.2 Å². The number of nitrogens with zero attached hydrogens (tertiary/aromatic N) is 3. The Bertz CT molecular complexity index is 864. The van der Waals surface area contributed by atoms with E-state index in [1.54, 1.807) is 30.0 Å². The van der Waals surface area contributed by atoms with Gasteiger partial charge in [-0.3, -0.25) is 10.1 Å². The third-order valence-corrected chi connectivity index (χ3v) is 5.82. The normalized spacial score (nSPS) is 19.0. The Morgan fingerprint density at radius 2 is 1.85 bits per heavy atom. The lowest BCUT2D eigenvalue weighted by molar-refractivity contribution is -0.383. The Kier molecular flexibility index (Phi) is 6.05. The summed E-state index contributed by atoms with van der Waals surface area (Å²) >= 11 is 1.80. The molecule has 0 N–H and O–H groups in total. The highest BCUT2D eigenvalue weighted by atomic mass is 32.2. The predicted molar refractivity (Wildman–Crippen MR) is 115 cm³/mol. The molecule has 144 valence electrons. The number of hydrogen-bond donors (Lipinski definition) is 0. The van der Waals surface area contributed by atoms with Gasteiger partial charge in [-0.1, -0.05) is 57.7 Å². The summed E-state index contributed by atoms with van der Waals surface area (Å²) in [5.41, 5.74) is 0.933. The molecule has 1 atom stereocenters. The van der Waals surface area contributed by atoms with Gasteiger partial charge in [0.25, 0.3) is 5.69 Å². The lowest BCUT2D eigenvalue weighted by atomic mass is 10.0. The maximum Gasteiger partial charge on any atom is 0.277 e. The van der Waals surface area contributed by atoms with Crippen LogP contribution < -0.4 is 0 Å². The highest BCUT2D eigenvalue weighted by Gasteiger charge is 2.31. The Morgan fingerprint density at radius 1 is 1.15 bits per heavy atom. The monoisotopic (exact) mass is 385 g/mol. The highest BCUT2D eigenvalue weighted by Crippen LogP contribution is 2.36. The molecular weight excluding hydrogens is 358 g/mol. The third kappa shape index (κ3) is 4.43. The molecule has 27 heavy (non-hydrogen) atoms. The molecule has 6 heteroatoms. The first-order valence-electron chi connectivity index (χ1n) is 9.51. The molecule has 0 amide bonds. The van der Waals surface area contributed by atoms with Gasteiger partial charge in [0.15, 0.2) is 5.17 Å². The van der Waals surface area contributed by atoms with Crippen LogP contribution in [0.4, 0.5) is 11.4 Å². The number of nitro benzene ring substituents is 1. The number of non-ortho nitro benzene ring substituents is 1. The van der Waals surface area contributed by atoms with Crippen LogP contribution in [0.25, 0.3) is 10.8 Å². The molecule has 1 aliphatic rings. The summed E-state index contributed by atoms with van der Waals surface area (Å²) in [5, 5.41) is 13.9. The molecule has 1 aliphatic heterocycles. The van der Waals surface area contributed by atoms with Crippen molar-refractivity contribution in [2.24, 2.45) is 16.8 Å². The van der Waals surface area contributed by atoms with E-state index >= 15 is 0 Å². The molecule has 0 spiro atoms. The van der Waals surface area contributed by atoms with Crippen LogP contribution in [0.15, 0.2) is 41.4 Å². The van der Waals surface area contributed by atoms with Crippen molar-refractivity contribution < 1.29 is 4.92 Å². The number of thioether (sulfide) groups is 1. The quantitative estimate of drug-likeness (QED) is 0.462. The second-order valence-corrected chi connectivity index (χ2v) is 8.93. The molecule has 0 aromatic heterocycles. The van der Waals surface area contributed by atoms with Crippen LogP contribution in [0.5, 0.6) is 0 Å². The van der Waals surface area contributed by atoms with E-state index in [0.717, 1.165) is 35.0 Å². The molecule has 5 nitrogen and oxygen atoms in total. The van der Waals surface area contributed by atoms with Crippen LogP contribution in [-0.2, 0) is 0 Å². The molecule has 0 radical (unpaired) electrons. The lowest BCUT2D eigenvalue weighted by Gasteiger charge is -2.28. The summed E-state index contributed by atoms with van der Waals surface area (Å²) in [5.74, 6) is 2.25. The maximum atomic E-state index is 11.3. The van der Waals surface area contributed by atoms with Crippen LogP contribution in [-0.4, -0.2) is 33.3 Å². The molecule has 1 heterocycles. The van der Waals surface area contributed by atoms with Gasteiger partial charge in [0, 0.05) is 29.8 Å². The van der Waals surface area contributed by atoms with Crippen molar-refractivity contribution in [3.05, 3.63) is 46.5 Å². The van der Waals surface area contributed by atoms with Gasteiger partial charge < -0.3 is 4.90 Å². The van der Waals surface area contributed by atoms with Crippen molar-refractivity contribution >= 4 is 39.1 Å². The van der Waals surface area contributed by atoms with Gasteiger partial charge in [0.1, 0.15) is 0 Å². The molecule has 2 aromatic carbocycles. The van der Waals surface area contributed by atoms with Crippen molar-refractivity contribution in [2.75, 3.05) is 12.3 Å². The fourth-order valence-corrected chi connectivity index (χ4v) is 4.79. The number of amidine groups is 1. The van der Waals surface area contributed by atoms with E-state index in [-0.39, 0.29) is 10.6 Å². The molecular formula is C21H27N3O2S. The molecule has 0 bridgehead atoms. The van der Waals surface area contributed by atoms with Crippen LogP contribution in [0, 0.1) is 22.0 Å². The first-order chi connectivity index (χ1) is 12.9. The second-order valence-electron chi connectivity index (χ2n) is 7.94. The zero-order chi connectivity index (χ0) is 19.6. The number of rotatable bonds is 6. The molecule has 0 aliphatic carbocycles. The van der Waals surface area contributed by atoms with E-state index in [1.807, 2.05) is 18.2 Å². The van der Waals surface area contributed by atoms with E-state index in [4.69, 9.17) is 4.99 Å². The van der Waals surface area contributed by atoms with Gasteiger partial charge in [0.05, 0.1) is 16.0 Å². The zero-order valence-corrected chi connectivity index (χ0v) is 17.2. The summed E-state index contributed by atoms with van der Waals surface area (Å²) in [6.07, 6.45) is 1.15. The zero-order valence-electron chi connectivity index (χ0n) is 16.4. The van der Waals surface area contributed by atoms with E-state index in [1.165, 1.54) is 0 Å². The number of fused-ring (bicyclic) bond motifs is 1. The average Bonchev–Trinajstić information content (AvgIpc) is 2.95. The third-order valence-electron chi connectivity index (χ3n) is 4.69. The maximum absolute atomic E-state index is 11.3. The van der Waals surface area contributed by atoms with Crippen molar-refractivity contribution in [1.29, 1.82) is 0 Å². The van der Waals surface area contributed by atoms with Gasteiger partial charge in [-0.25, -0.2) is 4.99 Å². The number of benzene rings is 2. The van der Waals surface area contributed by atoms with E-state index in [0.29, 0.717) is 23.3 Å². The fourth-order valence-electron chi connectivity index (χ4n) is 3.58. The van der Waals surface area contributed by atoms with Crippen molar-refractivity contribution in [3.8, 4) is 0 Å². The Labute approximate surface area is 165 Å². The summed E-state index contributed by atoms with van der Waals surface area (Å²) in [6.45, 7) is 9.96. The minimum absolute atomic E-state index is 0.130. The Morgan fingerprint density at radius 3 is 2.48 bits per heavy atom. The minimum atomic E-state index is -0.326. The summed E-state index contributed by atoms with van der Waals surface area (Å²) < 4.78 is 0. The predicted octanol–water partition coefficient (Wildman–Crippen LogP) is 5.86. The minimum Gasteiger partial charge on any atom is -0.347 e. The van der Waals surface area contributed by atoms with Gasteiger partial charge >= 0.3 is 0 Å². The Hall–Kier alpha value is -2.08. The standard InChI is InChI=1S/C21H27N3O2S/c1-14(2)11-16-13-27-21(23(16)12-15(3)4)22-19-9-10-20(24(25)26)18-8-6-5-7-17(18)19/h5-10,14-16H,11-13H2,1-4H3. The lowest BCUT2D eigenvalue weighted by Crippen LogP contribution is -2.37. The molecule has 1 unspecified atom stereocenters.